The number of aryl methyl sites for hydroxylation is 1. The van der Waals surface area contributed by atoms with Crippen molar-refractivity contribution in [3.8, 4) is 0 Å². The molecule has 0 bridgehead atoms. The molecule has 0 unspecified atom stereocenters. The van der Waals surface area contributed by atoms with E-state index in [4.69, 9.17) is 0 Å². The van der Waals surface area contributed by atoms with Crippen molar-refractivity contribution < 1.29 is 4.79 Å². The maximum absolute atomic E-state index is 12.1. The second-order valence-electron chi connectivity index (χ2n) is 6.78. The zero-order valence-electron chi connectivity index (χ0n) is 16.9. The lowest BCUT2D eigenvalue weighted by Gasteiger charge is -2.29. The maximum Gasteiger partial charge on any atom is 0.227 e. The molecule has 0 spiro atoms. The van der Waals surface area contributed by atoms with Crippen LogP contribution in [0.2, 0.25) is 0 Å². The Morgan fingerprint density at radius 1 is 1.21 bits per heavy atom. The van der Waals surface area contributed by atoms with Gasteiger partial charge in [0.05, 0.1) is 0 Å². The van der Waals surface area contributed by atoms with E-state index in [-0.39, 0.29) is 29.9 Å². The van der Waals surface area contributed by atoms with E-state index < -0.39 is 0 Å². The SMILES string of the molecule is CN=C(NCCC(=O)Nc1ccc(C)cn1)N1CC=C(c2ccccc2)CC1.I. The highest BCUT2D eigenvalue weighted by Gasteiger charge is 2.16. The van der Waals surface area contributed by atoms with Crippen LogP contribution in [0.3, 0.4) is 0 Å². The number of guanidine groups is 1. The van der Waals surface area contributed by atoms with E-state index in [2.05, 4.69) is 55.9 Å². The monoisotopic (exact) mass is 505 g/mol. The van der Waals surface area contributed by atoms with E-state index in [1.165, 1.54) is 11.1 Å². The lowest BCUT2D eigenvalue weighted by Crippen LogP contribution is -2.44. The second kappa shape index (κ2) is 11.5. The highest BCUT2D eigenvalue weighted by Crippen LogP contribution is 2.21. The average molecular weight is 505 g/mol. The number of nitrogens with zero attached hydrogens (tertiary/aromatic N) is 3. The van der Waals surface area contributed by atoms with Crippen LogP contribution in [0.4, 0.5) is 5.82 Å². The van der Waals surface area contributed by atoms with Gasteiger partial charge in [0.1, 0.15) is 5.82 Å². The fourth-order valence-corrected chi connectivity index (χ4v) is 3.14. The molecule has 0 aliphatic carbocycles. The Bertz CT molecular complexity index is 849. The molecule has 154 valence electrons. The van der Waals surface area contributed by atoms with Crippen molar-refractivity contribution in [2.75, 3.05) is 32.0 Å². The van der Waals surface area contributed by atoms with Gasteiger partial charge in [0, 0.05) is 39.3 Å². The first-order chi connectivity index (χ1) is 13.7. The van der Waals surface area contributed by atoms with E-state index in [1.807, 2.05) is 25.1 Å². The van der Waals surface area contributed by atoms with Crippen molar-refractivity contribution in [2.45, 2.75) is 19.8 Å². The smallest absolute Gasteiger partial charge is 0.227 e. The number of amides is 1. The standard InChI is InChI=1S/C22H27N5O.HI/c1-17-8-9-20(25-16-17)26-21(28)10-13-24-22(23-2)27-14-11-19(12-15-27)18-6-4-3-5-7-18;/h3-9,11,16H,10,12-15H2,1-2H3,(H,23,24)(H,25,26,28);1H. The third kappa shape index (κ3) is 6.85. The first kappa shape index (κ1) is 22.9. The number of anilines is 1. The molecule has 1 aliphatic heterocycles. The number of rotatable bonds is 5. The highest BCUT2D eigenvalue weighted by atomic mass is 127. The first-order valence-corrected chi connectivity index (χ1v) is 9.58. The van der Waals surface area contributed by atoms with E-state index in [0.29, 0.717) is 18.8 Å². The Morgan fingerprint density at radius 2 is 2.00 bits per heavy atom. The zero-order valence-corrected chi connectivity index (χ0v) is 19.2. The number of benzene rings is 1. The summed E-state index contributed by atoms with van der Waals surface area (Å²) in [5, 5.41) is 6.10. The van der Waals surface area contributed by atoms with Gasteiger partial charge in [0.25, 0.3) is 0 Å². The van der Waals surface area contributed by atoms with Crippen LogP contribution >= 0.6 is 24.0 Å². The summed E-state index contributed by atoms with van der Waals surface area (Å²) in [5.74, 6) is 1.34. The normalized spacial score (nSPS) is 13.9. The Balaban J connectivity index is 0.00000300. The lowest BCUT2D eigenvalue weighted by atomic mass is 10.00. The van der Waals surface area contributed by atoms with Crippen LogP contribution in [0.5, 0.6) is 0 Å². The molecule has 29 heavy (non-hydrogen) atoms. The summed E-state index contributed by atoms with van der Waals surface area (Å²) in [5.41, 5.74) is 3.72. The maximum atomic E-state index is 12.1. The fraction of sp³-hybridized carbons (Fsp3) is 0.318. The van der Waals surface area contributed by atoms with Crippen LogP contribution in [0, 0.1) is 6.92 Å². The molecule has 1 aromatic heterocycles. The van der Waals surface area contributed by atoms with Crippen molar-refractivity contribution in [1.82, 2.24) is 15.2 Å². The van der Waals surface area contributed by atoms with E-state index >= 15 is 0 Å². The van der Waals surface area contributed by atoms with Crippen LogP contribution in [-0.2, 0) is 4.79 Å². The largest absolute Gasteiger partial charge is 0.356 e. The van der Waals surface area contributed by atoms with Gasteiger partial charge < -0.3 is 15.5 Å². The average Bonchev–Trinajstić information content (AvgIpc) is 2.74. The minimum atomic E-state index is -0.0655. The summed E-state index contributed by atoms with van der Waals surface area (Å²) in [7, 11) is 1.77. The number of carbonyl (C=O) groups is 1. The summed E-state index contributed by atoms with van der Waals surface area (Å²) in [6.07, 6.45) is 5.32. The Morgan fingerprint density at radius 3 is 2.62 bits per heavy atom. The van der Waals surface area contributed by atoms with Gasteiger partial charge in [-0.25, -0.2) is 4.98 Å². The van der Waals surface area contributed by atoms with E-state index in [1.54, 1.807) is 13.2 Å². The quantitative estimate of drug-likeness (QED) is 0.370. The van der Waals surface area contributed by atoms with Crippen molar-refractivity contribution in [3.05, 3.63) is 65.9 Å². The predicted octanol–water partition coefficient (Wildman–Crippen LogP) is 3.70. The third-order valence-electron chi connectivity index (χ3n) is 4.68. The minimum Gasteiger partial charge on any atom is -0.356 e. The van der Waals surface area contributed by atoms with Gasteiger partial charge in [-0.1, -0.05) is 42.5 Å². The second-order valence-corrected chi connectivity index (χ2v) is 6.78. The molecule has 1 amide bonds. The van der Waals surface area contributed by atoms with Crippen molar-refractivity contribution in [1.29, 1.82) is 0 Å². The van der Waals surface area contributed by atoms with Crippen LogP contribution in [0.25, 0.3) is 5.57 Å². The number of hydrogen-bond donors (Lipinski definition) is 2. The molecule has 2 heterocycles. The first-order valence-electron chi connectivity index (χ1n) is 9.58. The molecular weight excluding hydrogens is 477 g/mol. The predicted molar refractivity (Wildman–Crippen MR) is 130 cm³/mol. The van der Waals surface area contributed by atoms with Crippen LogP contribution in [0.15, 0.2) is 59.7 Å². The van der Waals surface area contributed by atoms with Crippen LogP contribution < -0.4 is 10.6 Å². The van der Waals surface area contributed by atoms with Gasteiger partial charge in [-0.05, 0) is 36.1 Å². The zero-order chi connectivity index (χ0) is 19.8. The van der Waals surface area contributed by atoms with Crippen molar-refractivity contribution in [3.63, 3.8) is 0 Å². The molecule has 1 aliphatic rings. The number of carbonyl (C=O) groups excluding carboxylic acids is 1. The molecule has 6 nitrogen and oxygen atoms in total. The van der Waals surface area contributed by atoms with Crippen molar-refractivity contribution >= 4 is 47.2 Å². The van der Waals surface area contributed by atoms with E-state index in [9.17, 15) is 4.79 Å². The van der Waals surface area contributed by atoms with Gasteiger partial charge in [0.15, 0.2) is 5.96 Å². The summed E-state index contributed by atoms with van der Waals surface area (Å²) in [6, 6.07) is 14.2. The molecule has 2 aromatic rings. The molecule has 0 fully saturated rings. The Hall–Kier alpha value is -2.42. The molecule has 0 atom stereocenters. The topological polar surface area (TPSA) is 69.6 Å². The summed E-state index contributed by atoms with van der Waals surface area (Å²) in [4.78, 5) is 22.8. The molecule has 1 aromatic carbocycles. The van der Waals surface area contributed by atoms with Crippen molar-refractivity contribution in [2.24, 2.45) is 4.99 Å². The van der Waals surface area contributed by atoms with Crippen LogP contribution in [-0.4, -0.2) is 48.4 Å². The van der Waals surface area contributed by atoms with Crippen LogP contribution in [0.1, 0.15) is 24.0 Å². The number of aliphatic imine (C=N–C) groups is 1. The summed E-state index contributed by atoms with van der Waals surface area (Å²) in [6.45, 7) is 4.20. The number of nitrogens with one attached hydrogen (secondary N) is 2. The Labute approximate surface area is 189 Å². The lowest BCUT2D eigenvalue weighted by molar-refractivity contribution is -0.116. The molecule has 3 rings (SSSR count). The number of hydrogen-bond acceptors (Lipinski definition) is 3. The third-order valence-corrected chi connectivity index (χ3v) is 4.68. The molecule has 0 saturated heterocycles. The molecule has 0 saturated carbocycles. The van der Waals surface area contributed by atoms with Gasteiger partial charge in [-0.15, -0.1) is 24.0 Å². The molecule has 7 heteroatoms. The Kier molecular flexibility index (Phi) is 9.11. The van der Waals surface area contributed by atoms with Gasteiger partial charge >= 0.3 is 0 Å². The van der Waals surface area contributed by atoms with Gasteiger partial charge in [-0.3, -0.25) is 9.79 Å². The molecule has 0 radical (unpaired) electrons. The fourth-order valence-electron chi connectivity index (χ4n) is 3.14. The number of pyridine rings is 1. The summed E-state index contributed by atoms with van der Waals surface area (Å²) < 4.78 is 0. The molecular formula is C22H28IN5O. The van der Waals surface area contributed by atoms with E-state index in [0.717, 1.165) is 31.0 Å². The minimum absolute atomic E-state index is 0. The number of halogens is 1. The summed E-state index contributed by atoms with van der Waals surface area (Å²) >= 11 is 0. The van der Waals surface area contributed by atoms with Gasteiger partial charge in [-0.2, -0.15) is 0 Å². The number of aromatic nitrogens is 1. The van der Waals surface area contributed by atoms with Gasteiger partial charge in [0.2, 0.25) is 5.91 Å². The highest BCUT2D eigenvalue weighted by molar-refractivity contribution is 14.0. The molecule has 2 N–H and O–H groups in total.